The lowest BCUT2D eigenvalue weighted by Gasteiger charge is -2.13. The zero-order chi connectivity index (χ0) is 19.1. The second kappa shape index (κ2) is 8.99. The van der Waals surface area contributed by atoms with Crippen LogP contribution < -0.4 is 15.2 Å². The first kappa shape index (κ1) is 19.4. The number of rotatable bonds is 7. The van der Waals surface area contributed by atoms with E-state index in [0.717, 1.165) is 23.1 Å². The van der Waals surface area contributed by atoms with Gasteiger partial charge in [-0.05, 0) is 56.5 Å². The lowest BCUT2D eigenvalue weighted by molar-refractivity contribution is 0.334. The molecule has 0 radical (unpaired) electrons. The summed E-state index contributed by atoms with van der Waals surface area (Å²) in [5.74, 6) is 1.53. The smallest absolute Gasteiger partial charge is 0.142 e. The van der Waals surface area contributed by atoms with Crippen molar-refractivity contribution in [2.24, 2.45) is 0 Å². The third-order valence-corrected chi connectivity index (χ3v) is 3.96. The molecule has 2 aromatic rings. The van der Waals surface area contributed by atoms with E-state index in [2.05, 4.69) is 19.9 Å². The Kier molecular flexibility index (Phi) is 6.73. The van der Waals surface area contributed by atoms with E-state index in [9.17, 15) is 5.11 Å². The number of methoxy groups -OCH3 is 1. The standard InChI is InChI=1S/C22H27NO3/c1-5-26-21-14-18(24)13-17(19(21)10-6-15(2)3)9-7-16-8-11-20(23)22(12-16)25-4/h6-9,11-14,24H,5,10,23H2,1-4H3/b9-7+. The fourth-order valence-corrected chi connectivity index (χ4v) is 2.63. The van der Waals surface area contributed by atoms with Gasteiger partial charge in [0.15, 0.2) is 0 Å². The molecule has 0 atom stereocenters. The number of ether oxygens (including phenoxy) is 2. The van der Waals surface area contributed by atoms with E-state index in [0.29, 0.717) is 23.8 Å². The fraction of sp³-hybridized carbons (Fsp3) is 0.273. The minimum absolute atomic E-state index is 0.184. The van der Waals surface area contributed by atoms with Gasteiger partial charge in [-0.25, -0.2) is 0 Å². The molecule has 2 aromatic carbocycles. The highest BCUT2D eigenvalue weighted by molar-refractivity contribution is 5.75. The number of anilines is 1. The maximum absolute atomic E-state index is 10.1. The lowest BCUT2D eigenvalue weighted by Crippen LogP contribution is -1.99. The maximum Gasteiger partial charge on any atom is 0.142 e. The molecular formula is C22H27NO3. The second-order valence-corrected chi connectivity index (χ2v) is 6.27. The van der Waals surface area contributed by atoms with Gasteiger partial charge in [-0.2, -0.15) is 0 Å². The van der Waals surface area contributed by atoms with E-state index in [1.54, 1.807) is 19.2 Å². The van der Waals surface area contributed by atoms with Crippen molar-refractivity contribution in [1.82, 2.24) is 0 Å². The van der Waals surface area contributed by atoms with Crippen molar-refractivity contribution in [3.8, 4) is 17.2 Å². The van der Waals surface area contributed by atoms with Crippen LogP contribution in [0, 0.1) is 0 Å². The van der Waals surface area contributed by atoms with E-state index in [-0.39, 0.29) is 5.75 Å². The minimum atomic E-state index is 0.184. The van der Waals surface area contributed by atoms with E-state index >= 15 is 0 Å². The van der Waals surface area contributed by atoms with E-state index in [1.807, 2.05) is 37.3 Å². The van der Waals surface area contributed by atoms with Crippen LogP contribution in [0.1, 0.15) is 37.5 Å². The van der Waals surface area contributed by atoms with E-state index < -0.39 is 0 Å². The Labute approximate surface area is 155 Å². The van der Waals surface area contributed by atoms with Crippen LogP contribution in [-0.2, 0) is 6.42 Å². The first-order valence-electron chi connectivity index (χ1n) is 8.68. The predicted molar refractivity (Wildman–Crippen MR) is 109 cm³/mol. The molecule has 26 heavy (non-hydrogen) atoms. The Morgan fingerprint density at radius 2 is 1.88 bits per heavy atom. The van der Waals surface area contributed by atoms with Crippen molar-refractivity contribution in [1.29, 1.82) is 0 Å². The predicted octanol–water partition coefficient (Wildman–Crippen LogP) is 5.06. The summed E-state index contributed by atoms with van der Waals surface area (Å²) in [7, 11) is 1.60. The average molecular weight is 353 g/mol. The zero-order valence-electron chi connectivity index (χ0n) is 15.9. The van der Waals surface area contributed by atoms with Crippen LogP contribution in [0.2, 0.25) is 0 Å². The number of hydrogen-bond acceptors (Lipinski definition) is 4. The van der Waals surface area contributed by atoms with Gasteiger partial charge in [-0.15, -0.1) is 0 Å². The maximum atomic E-state index is 10.1. The van der Waals surface area contributed by atoms with Crippen LogP contribution >= 0.6 is 0 Å². The van der Waals surface area contributed by atoms with Crippen molar-refractivity contribution in [2.45, 2.75) is 27.2 Å². The molecule has 0 aliphatic carbocycles. The molecule has 0 fully saturated rings. The quantitative estimate of drug-likeness (QED) is 0.415. The van der Waals surface area contributed by atoms with Gasteiger partial charge in [0, 0.05) is 11.6 Å². The van der Waals surface area contributed by atoms with E-state index in [4.69, 9.17) is 15.2 Å². The van der Waals surface area contributed by atoms with Crippen LogP contribution in [0.3, 0.4) is 0 Å². The zero-order valence-corrected chi connectivity index (χ0v) is 15.9. The molecule has 0 heterocycles. The molecule has 0 spiro atoms. The van der Waals surface area contributed by atoms with E-state index in [1.165, 1.54) is 5.57 Å². The monoisotopic (exact) mass is 353 g/mol. The van der Waals surface area contributed by atoms with Gasteiger partial charge in [0.05, 0.1) is 19.4 Å². The number of nitrogens with two attached hydrogens (primary N) is 1. The van der Waals surface area contributed by atoms with Crippen LogP contribution in [0.15, 0.2) is 42.0 Å². The van der Waals surface area contributed by atoms with Gasteiger partial charge in [0.1, 0.15) is 17.2 Å². The molecule has 0 aliphatic heterocycles. The molecule has 138 valence electrons. The number of phenols is 1. The SMILES string of the molecule is CCOc1cc(O)cc(/C=C/c2ccc(N)c(OC)c2)c1CC=C(C)C. The summed E-state index contributed by atoms with van der Waals surface area (Å²) in [5, 5.41) is 10.1. The molecule has 3 N–H and O–H groups in total. The van der Waals surface area contributed by atoms with Crippen molar-refractivity contribution >= 4 is 17.8 Å². The van der Waals surface area contributed by atoms with Gasteiger partial charge in [0.25, 0.3) is 0 Å². The molecule has 4 heteroatoms. The topological polar surface area (TPSA) is 64.7 Å². The highest BCUT2D eigenvalue weighted by atomic mass is 16.5. The highest BCUT2D eigenvalue weighted by Gasteiger charge is 2.10. The summed E-state index contributed by atoms with van der Waals surface area (Å²) in [6.07, 6.45) is 6.83. The van der Waals surface area contributed by atoms with Crippen molar-refractivity contribution in [2.75, 3.05) is 19.5 Å². The summed E-state index contributed by atoms with van der Waals surface area (Å²) in [6.45, 7) is 6.61. The molecule has 0 aromatic heterocycles. The van der Waals surface area contributed by atoms with Gasteiger partial charge in [-0.3, -0.25) is 0 Å². The molecule has 0 bridgehead atoms. The largest absolute Gasteiger partial charge is 0.508 e. The van der Waals surface area contributed by atoms with Crippen LogP contribution in [0.4, 0.5) is 5.69 Å². The Bertz CT molecular complexity index is 818. The van der Waals surface area contributed by atoms with Crippen LogP contribution in [-0.4, -0.2) is 18.8 Å². The molecule has 0 saturated carbocycles. The first-order chi connectivity index (χ1) is 12.4. The lowest BCUT2D eigenvalue weighted by atomic mass is 10.00. The first-order valence-corrected chi connectivity index (χ1v) is 8.68. The van der Waals surface area contributed by atoms with Crippen molar-refractivity contribution < 1.29 is 14.6 Å². The van der Waals surface area contributed by atoms with Crippen molar-refractivity contribution in [3.05, 3.63) is 58.7 Å². The van der Waals surface area contributed by atoms with Gasteiger partial charge in [-0.1, -0.05) is 29.9 Å². The third kappa shape index (κ3) is 5.06. The highest BCUT2D eigenvalue weighted by Crippen LogP contribution is 2.31. The molecule has 2 rings (SSSR count). The summed E-state index contributed by atoms with van der Waals surface area (Å²) in [4.78, 5) is 0. The van der Waals surface area contributed by atoms with Gasteiger partial charge in [0.2, 0.25) is 0 Å². The van der Waals surface area contributed by atoms with Gasteiger partial charge < -0.3 is 20.3 Å². The summed E-state index contributed by atoms with van der Waals surface area (Å²) in [5.41, 5.74) is 10.6. The Hall–Kier alpha value is -2.88. The molecule has 0 saturated heterocycles. The fourth-order valence-electron chi connectivity index (χ4n) is 2.63. The number of hydrogen-bond donors (Lipinski definition) is 2. The number of phenolic OH excluding ortho intramolecular Hbond substituents is 1. The van der Waals surface area contributed by atoms with Crippen LogP contribution in [0.25, 0.3) is 12.2 Å². The van der Waals surface area contributed by atoms with Gasteiger partial charge >= 0.3 is 0 Å². The Morgan fingerprint density at radius 1 is 1.12 bits per heavy atom. The molecule has 4 nitrogen and oxygen atoms in total. The summed E-state index contributed by atoms with van der Waals surface area (Å²) >= 11 is 0. The molecular weight excluding hydrogens is 326 g/mol. The minimum Gasteiger partial charge on any atom is -0.508 e. The molecule has 0 unspecified atom stereocenters. The third-order valence-electron chi connectivity index (χ3n) is 3.96. The number of allylic oxidation sites excluding steroid dienone is 2. The number of nitrogen functional groups attached to an aromatic ring is 1. The number of aromatic hydroxyl groups is 1. The van der Waals surface area contributed by atoms with Crippen LogP contribution in [0.5, 0.6) is 17.2 Å². The number of benzene rings is 2. The van der Waals surface area contributed by atoms with Crippen molar-refractivity contribution in [3.63, 3.8) is 0 Å². The molecule has 0 amide bonds. The Balaban J connectivity index is 2.44. The summed E-state index contributed by atoms with van der Waals surface area (Å²) < 4.78 is 11.0. The normalized spacial score (nSPS) is 10.8. The Morgan fingerprint density at radius 3 is 2.54 bits per heavy atom. The summed E-state index contributed by atoms with van der Waals surface area (Å²) in [6, 6.07) is 9.05. The average Bonchev–Trinajstić information content (AvgIpc) is 2.60. The molecule has 0 aliphatic rings. The second-order valence-electron chi connectivity index (χ2n) is 6.27.